The summed E-state index contributed by atoms with van der Waals surface area (Å²) >= 11 is 0. The van der Waals surface area contributed by atoms with Crippen LogP contribution in [-0.2, 0) is 11.2 Å². The lowest BCUT2D eigenvalue weighted by molar-refractivity contribution is 0.00704. The van der Waals surface area contributed by atoms with E-state index in [0.717, 1.165) is 27.8 Å². The lowest BCUT2D eigenvalue weighted by Gasteiger charge is -2.23. The zero-order valence-corrected chi connectivity index (χ0v) is 21.6. The van der Waals surface area contributed by atoms with E-state index in [0.29, 0.717) is 35.0 Å². The van der Waals surface area contributed by atoms with Gasteiger partial charge in [-0.3, -0.25) is 4.98 Å². The van der Waals surface area contributed by atoms with Crippen LogP contribution >= 0.6 is 0 Å². The molecule has 0 unspecified atom stereocenters. The molecule has 0 radical (unpaired) electrons. The van der Waals surface area contributed by atoms with Crippen molar-refractivity contribution in [3.8, 4) is 34.1 Å². The van der Waals surface area contributed by atoms with Gasteiger partial charge in [0.25, 0.3) is 0 Å². The molecule has 3 aromatic rings. The fourth-order valence-electron chi connectivity index (χ4n) is 4.12. The minimum absolute atomic E-state index is 0.377. The molecule has 0 aliphatic carbocycles. The van der Waals surface area contributed by atoms with Gasteiger partial charge in [0.1, 0.15) is 5.60 Å². The van der Waals surface area contributed by atoms with Gasteiger partial charge in [0, 0.05) is 29.9 Å². The molecule has 0 saturated heterocycles. The van der Waals surface area contributed by atoms with E-state index in [1.54, 1.807) is 46.9 Å². The Morgan fingerprint density at radius 2 is 1.43 bits per heavy atom. The highest BCUT2D eigenvalue weighted by Crippen LogP contribution is 2.50. The Morgan fingerprint density at radius 1 is 0.829 bits per heavy atom. The SMILES string of the molecule is COc1c(C)c(Cc2cnccc2-c2ccccc2C(=O)OC(C)(C)C)c(OC)c(OC)c1OC. The Kier molecular flexibility index (Phi) is 7.89. The van der Waals surface area contributed by atoms with Crippen molar-refractivity contribution >= 4 is 5.97 Å². The van der Waals surface area contributed by atoms with E-state index in [1.807, 2.05) is 52.0 Å². The summed E-state index contributed by atoms with van der Waals surface area (Å²) in [6, 6.07) is 9.32. The van der Waals surface area contributed by atoms with Crippen LogP contribution in [0.3, 0.4) is 0 Å². The lowest BCUT2D eigenvalue weighted by atomic mass is 9.91. The number of hydrogen-bond acceptors (Lipinski definition) is 7. The van der Waals surface area contributed by atoms with Crippen molar-refractivity contribution in [3.05, 3.63) is 65.0 Å². The third-order valence-electron chi connectivity index (χ3n) is 5.61. The van der Waals surface area contributed by atoms with Crippen molar-refractivity contribution in [2.45, 2.75) is 39.7 Å². The summed E-state index contributed by atoms with van der Waals surface area (Å²) in [5.41, 5.74) is 4.15. The number of aromatic nitrogens is 1. The monoisotopic (exact) mass is 479 g/mol. The van der Waals surface area contributed by atoms with Crippen LogP contribution in [-0.4, -0.2) is 45.0 Å². The highest BCUT2D eigenvalue weighted by Gasteiger charge is 2.27. The molecule has 1 aromatic heterocycles. The van der Waals surface area contributed by atoms with Crippen LogP contribution in [0.2, 0.25) is 0 Å². The Labute approximate surface area is 207 Å². The van der Waals surface area contributed by atoms with Crippen molar-refractivity contribution in [2.24, 2.45) is 0 Å². The number of ether oxygens (including phenoxy) is 5. The van der Waals surface area contributed by atoms with Gasteiger partial charge in [-0.1, -0.05) is 18.2 Å². The van der Waals surface area contributed by atoms with Gasteiger partial charge in [0.2, 0.25) is 11.5 Å². The summed E-state index contributed by atoms with van der Waals surface area (Å²) in [5.74, 6) is 1.66. The van der Waals surface area contributed by atoms with Crippen LogP contribution in [0.4, 0.5) is 0 Å². The molecule has 186 valence electrons. The molecule has 0 saturated carbocycles. The fraction of sp³-hybridized carbons (Fsp3) is 0.357. The van der Waals surface area contributed by atoms with Crippen LogP contribution < -0.4 is 18.9 Å². The maximum atomic E-state index is 13.0. The molecule has 0 aliphatic heterocycles. The Bertz CT molecular complexity index is 1210. The smallest absolute Gasteiger partial charge is 0.339 e. The largest absolute Gasteiger partial charge is 0.492 e. The van der Waals surface area contributed by atoms with E-state index >= 15 is 0 Å². The molecule has 0 N–H and O–H groups in total. The second-order valence-electron chi connectivity index (χ2n) is 8.99. The first-order chi connectivity index (χ1) is 16.7. The molecule has 35 heavy (non-hydrogen) atoms. The minimum Gasteiger partial charge on any atom is -0.492 e. The van der Waals surface area contributed by atoms with E-state index in [-0.39, 0.29) is 5.97 Å². The number of hydrogen-bond donors (Lipinski definition) is 0. The molecule has 0 spiro atoms. The van der Waals surface area contributed by atoms with Crippen molar-refractivity contribution < 1.29 is 28.5 Å². The highest BCUT2D eigenvalue weighted by atomic mass is 16.6. The molecule has 0 aliphatic rings. The molecule has 0 amide bonds. The van der Waals surface area contributed by atoms with Gasteiger partial charge in [-0.2, -0.15) is 0 Å². The zero-order valence-electron chi connectivity index (χ0n) is 21.6. The molecule has 0 bridgehead atoms. The Morgan fingerprint density at radius 3 is 2.03 bits per heavy atom. The summed E-state index contributed by atoms with van der Waals surface area (Å²) in [6.45, 7) is 7.50. The standard InChI is InChI=1S/C28H33NO6/c1-17-22(24(32-6)26(34-8)25(33-7)23(17)31-5)15-18-16-29-14-13-19(18)20-11-9-10-12-21(20)27(30)35-28(2,3)4/h9-14,16H,15H2,1-8H3. The summed E-state index contributed by atoms with van der Waals surface area (Å²) in [7, 11) is 6.30. The second kappa shape index (κ2) is 10.7. The van der Waals surface area contributed by atoms with Crippen molar-refractivity contribution in [1.82, 2.24) is 4.98 Å². The minimum atomic E-state index is -0.605. The Balaban J connectivity index is 2.18. The topological polar surface area (TPSA) is 76.1 Å². The molecule has 1 heterocycles. The molecular formula is C28H33NO6. The summed E-state index contributed by atoms with van der Waals surface area (Å²) < 4.78 is 28.3. The molecule has 3 rings (SSSR count). The summed E-state index contributed by atoms with van der Waals surface area (Å²) in [6.07, 6.45) is 3.96. The quantitative estimate of drug-likeness (QED) is 0.387. The van der Waals surface area contributed by atoms with E-state index in [1.165, 1.54) is 0 Å². The van der Waals surface area contributed by atoms with E-state index in [4.69, 9.17) is 23.7 Å². The number of pyridine rings is 1. The third-order valence-corrected chi connectivity index (χ3v) is 5.61. The van der Waals surface area contributed by atoms with Gasteiger partial charge in [0.15, 0.2) is 11.5 Å². The van der Waals surface area contributed by atoms with Crippen LogP contribution in [0.15, 0.2) is 42.7 Å². The van der Waals surface area contributed by atoms with E-state index in [2.05, 4.69) is 4.98 Å². The predicted octanol–water partition coefficient (Wildman–Crippen LogP) is 5.64. The van der Waals surface area contributed by atoms with Crippen LogP contribution in [0, 0.1) is 6.92 Å². The number of carbonyl (C=O) groups excluding carboxylic acids is 1. The second-order valence-corrected chi connectivity index (χ2v) is 8.99. The fourth-order valence-corrected chi connectivity index (χ4v) is 4.12. The van der Waals surface area contributed by atoms with Crippen molar-refractivity contribution in [1.29, 1.82) is 0 Å². The molecule has 0 atom stereocenters. The van der Waals surface area contributed by atoms with Crippen LogP contribution in [0.5, 0.6) is 23.0 Å². The van der Waals surface area contributed by atoms with Gasteiger partial charge in [-0.25, -0.2) is 4.79 Å². The van der Waals surface area contributed by atoms with Gasteiger partial charge in [-0.15, -0.1) is 0 Å². The summed E-state index contributed by atoms with van der Waals surface area (Å²) in [5, 5.41) is 0. The number of carbonyl (C=O) groups is 1. The van der Waals surface area contributed by atoms with Gasteiger partial charge < -0.3 is 23.7 Å². The molecule has 0 fully saturated rings. The molecule has 2 aromatic carbocycles. The van der Waals surface area contributed by atoms with Gasteiger partial charge in [0.05, 0.1) is 34.0 Å². The number of methoxy groups -OCH3 is 4. The third kappa shape index (κ3) is 5.34. The average molecular weight is 480 g/mol. The normalized spacial score (nSPS) is 11.1. The maximum Gasteiger partial charge on any atom is 0.339 e. The maximum absolute atomic E-state index is 13.0. The number of esters is 1. The first-order valence-corrected chi connectivity index (χ1v) is 11.3. The Hall–Kier alpha value is -3.74. The van der Waals surface area contributed by atoms with Gasteiger partial charge >= 0.3 is 5.97 Å². The number of nitrogens with zero attached hydrogens (tertiary/aromatic N) is 1. The van der Waals surface area contributed by atoms with Crippen LogP contribution in [0.1, 0.15) is 47.8 Å². The molecular weight excluding hydrogens is 446 g/mol. The average Bonchev–Trinajstić information content (AvgIpc) is 2.83. The lowest BCUT2D eigenvalue weighted by Crippen LogP contribution is -2.24. The highest BCUT2D eigenvalue weighted by molar-refractivity contribution is 5.98. The zero-order chi connectivity index (χ0) is 25.8. The van der Waals surface area contributed by atoms with Crippen molar-refractivity contribution in [3.63, 3.8) is 0 Å². The van der Waals surface area contributed by atoms with E-state index in [9.17, 15) is 4.79 Å². The first-order valence-electron chi connectivity index (χ1n) is 11.3. The first kappa shape index (κ1) is 25.9. The van der Waals surface area contributed by atoms with Gasteiger partial charge in [-0.05, 0) is 56.5 Å². The van der Waals surface area contributed by atoms with E-state index < -0.39 is 5.60 Å². The molecule has 7 heteroatoms. The van der Waals surface area contributed by atoms with Crippen LogP contribution in [0.25, 0.3) is 11.1 Å². The summed E-state index contributed by atoms with van der Waals surface area (Å²) in [4.78, 5) is 17.4. The number of rotatable bonds is 8. The van der Waals surface area contributed by atoms with Crippen molar-refractivity contribution in [2.75, 3.05) is 28.4 Å². The number of benzene rings is 2. The molecule has 7 nitrogen and oxygen atoms in total. The predicted molar refractivity (Wildman–Crippen MR) is 135 cm³/mol.